The van der Waals surface area contributed by atoms with Gasteiger partial charge in [0, 0.05) is 18.7 Å². The standard InChI is InChI=1S/C17H22F2N2O2/c18-17(19)5-7-21(11-17)14-3-1-2-12(8-14)9-15(16(22)23)13-4-6-20-10-13/h1-3,8,13,15,20H,4-7,9-11H2,(H,22,23)/t13-,15-/m0/s1. The molecule has 3 rings (SSSR count). The highest BCUT2D eigenvalue weighted by Gasteiger charge is 2.38. The third-order valence-corrected chi connectivity index (χ3v) is 4.89. The molecular formula is C17H22F2N2O2. The van der Waals surface area contributed by atoms with Gasteiger partial charge >= 0.3 is 5.97 Å². The SMILES string of the molecule is O=C(O)[C@@H](Cc1cccc(N2CCC(F)(F)C2)c1)[C@H]1CCNC1. The number of hydrogen-bond donors (Lipinski definition) is 2. The van der Waals surface area contributed by atoms with Gasteiger partial charge in [0.15, 0.2) is 0 Å². The Morgan fingerprint density at radius 1 is 1.48 bits per heavy atom. The molecular weight excluding hydrogens is 302 g/mol. The molecule has 0 aliphatic carbocycles. The maximum absolute atomic E-state index is 13.4. The predicted octanol–water partition coefficient (Wildman–Crippen LogP) is 2.38. The molecule has 1 aromatic carbocycles. The van der Waals surface area contributed by atoms with Crippen LogP contribution in [-0.2, 0) is 11.2 Å². The topological polar surface area (TPSA) is 52.6 Å². The van der Waals surface area contributed by atoms with Gasteiger partial charge in [0.25, 0.3) is 5.92 Å². The van der Waals surface area contributed by atoms with Crippen molar-refractivity contribution in [3.63, 3.8) is 0 Å². The van der Waals surface area contributed by atoms with Gasteiger partial charge in [-0.05, 0) is 49.5 Å². The molecule has 0 unspecified atom stereocenters. The van der Waals surface area contributed by atoms with E-state index in [0.717, 1.165) is 30.8 Å². The molecule has 0 radical (unpaired) electrons. The summed E-state index contributed by atoms with van der Waals surface area (Å²) in [6.07, 6.45) is 1.19. The Kier molecular flexibility index (Phi) is 4.53. The minimum atomic E-state index is -2.63. The van der Waals surface area contributed by atoms with Crippen LogP contribution in [0.3, 0.4) is 0 Å². The lowest BCUT2D eigenvalue weighted by Gasteiger charge is -2.21. The van der Waals surface area contributed by atoms with E-state index in [1.54, 1.807) is 4.90 Å². The van der Waals surface area contributed by atoms with Crippen LogP contribution in [-0.4, -0.2) is 43.2 Å². The number of aliphatic carboxylic acids is 1. The fourth-order valence-corrected chi connectivity index (χ4v) is 3.57. The van der Waals surface area contributed by atoms with Crippen LogP contribution in [0, 0.1) is 11.8 Å². The van der Waals surface area contributed by atoms with E-state index in [1.165, 1.54) is 0 Å². The number of rotatable bonds is 5. The number of nitrogens with zero attached hydrogens (tertiary/aromatic N) is 1. The normalized spacial score (nSPS) is 24.8. The van der Waals surface area contributed by atoms with E-state index in [-0.39, 0.29) is 18.9 Å². The zero-order chi connectivity index (χ0) is 16.4. The van der Waals surface area contributed by atoms with E-state index in [1.807, 2.05) is 24.3 Å². The molecule has 1 aromatic rings. The van der Waals surface area contributed by atoms with Crippen molar-refractivity contribution in [2.75, 3.05) is 31.1 Å². The van der Waals surface area contributed by atoms with Crippen LogP contribution < -0.4 is 10.2 Å². The highest BCUT2D eigenvalue weighted by atomic mass is 19.3. The number of hydrogen-bond acceptors (Lipinski definition) is 3. The van der Waals surface area contributed by atoms with Gasteiger partial charge in [-0.25, -0.2) is 8.78 Å². The Morgan fingerprint density at radius 3 is 2.91 bits per heavy atom. The lowest BCUT2D eigenvalue weighted by molar-refractivity contribution is -0.143. The zero-order valence-electron chi connectivity index (χ0n) is 13.0. The molecule has 0 spiro atoms. The second-order valence-electron chi connectivity index (χ2n) is 6.60. The van der Waals surface area contributed by atoms with Crippen molar-refractivity contribution >= 4 is 11.7 Å². The van der Waals surface area contributed by atoms with Crippen molar-refractivity contribution < 1.29 is 18.7 Å². The molecule has 2 aliphatic heterocycles. The van der Waals surface area contributed by atoms with Crippen LogP contribution in [0.1, 0.15) is 18.4 Å². The minimum Gasteiger partial charge on any atom is -0.481 e. The molecule has 0 bridgehead atoms. The largest absolute Gasteiger partial charge is 0.481 e. The van der Waals surface area contributed by atoms with Crippen molar-refractivity contribution in [3.8, 4) is 0 Å². The smallest absolute Gasteiger partial charge is 0.307 e. The molecule has 2 fully saturated rings. The first-order valence-corrected chi connectivity index (χ1v) is 8.10. The number of alkyl halides is 2. The number of anilines is 1. The number of carboxylic acid groups (broad SMARTS) is 1. The van der Waals surface area contributed by atoms with Gasteiger partial charge in [0.1, 0.15) is 0 Å². The summed E-state index contributed by atoms with van der Waals surface area (Å²) >= 11 is 0. The van der Waals surface area contributed by atoms with Crippen molar-refractivity contribution in [3.05, 3.63) is 29.8 Å². The van der Waals surface area contributed by atoms with Crippen molar-refractivity contribution in [2.24, 2.45) is 11.8 Å². The summed E-state index contributed by atoms with van der Waals surface area (Å²) < 4.78 is 26.7. The van der Waals surface area contributed by atoms with Crippen LogP contribution in [0.5, 0.6) is 0 Å². The summed E-state index contributed by atoms with van der Waals surface area (Å²) in [7, 11) is 0. The van der Waals surface area contributed by atoms with Crippen molar-refractivity contribution in [1.82, 2.24) is 5.32 Å². The summed E-state index contributed by atoms with van der Waals surface area (Å²) in [5.74, 6) is -3.71. The molecule has 2 N–H and O–H groups in total. The average molecular weight is 324 g/mol. The minimum absolute atomic E-state index is 0.122. The van der Waals surface area contributed by atoms with Crippen molar-refractivity contribution in [1.29, 1.82) is 0 Å². The van der Waals surface area contributed by atoms with Gasteiger partial charge in [-0.15, -0.1) is 0 Å². The third-order valence-electron chi connectivity index (χ3n) is 4.89. The van der Waals surface area contributed by atoms with Crippen LogP contribution in [0.2, 0.25) is 0 Å². The molecule has 2 aliphatic rings. The second kappa shape index (κ2) is 6.43. The second-order valence-corrected chi connectivity index (χ2v) is 6.60. The molecule has 2 heterocycles. The van der Waals surface area contributed by atoms with Gasteiger partial charge in [0.05, 0.1) is 12.5 Å². The molecule has 2 saturated heterocycles. The molecule has 6 heteroatoms. The third kappa shape index (κ3) is 3.80. The summed E-state index contributed by atoms with van der Waals surface area (Å²) in [5, 5.41) is 12.7. The van der Waals surface area contributed by atoms with Gasteiger partial charge in [0.2, 0.25) is 0 Å². The molecule has 0 aromatic heterocycles. The maximum atomic E-state index is 13.4. The van der Waals surface area contributed by atoms with Gasteiger partial charge in [-0.3, -0.25) is 4.79 Å². The van der Waals surface area contributed by atoms with E-state index in [2.05, 4.69) is 5.32 Å². The lowest BCUT2D eigenvalue weighted by Crippen LogP contribution is -2.28. The predicted molar refractivity (Wildman–Crippen MR) is 84.0 cm³/mol. The Hall–Kier alpha value is -1.69. The molecule has 4 nitrogen and oxygen atoms in total. The van der Waals surface area contributed by atoms with Gasteiger partial charge in [-0.2, -0.15) is 0 Å². The monoisotopic (exact) mass is 324 g/mol. The highest BCUT2D eigenvalue weighted by Crippen LogP contribution is 2.32. The number of nitrogens with one attached hydrogen (secondary N) is 1. The summed E-state index contributed by atoms with van der Waals surface area (Å²) in [6.45, 7) is 1.67. The average Bonchev–Trinajstić information content (AvgIpc) is 3.14. The molecule has 2 atom stereocenters. The first kappa shape index (κ1) is 16.2. The number of carbonyl (C=O) groups is 1. The van der Waals surface area contributed by atoms with E-state index in [9.17, 15) is 18.7 Å². The Bertz CT molecular complexity index is 573. The van der Waals surface area contributed by atoms with E-state index in [0.29, 0.717) is 13.0 Å². The molecule has 126 valence electrons. The first-order chi connectivity index (χ1) is 10.9. The van der Waals surface area contributed by atoms with Gasteiger partial charge < -0.3 is 15.3 Å². The first-order valence-electron chi connectivity index (χ1n) is 8.10. The molecule has 23 heavy (non-hydrogen) atoms. The van der Waals surface area contributed by atoms with Crippen LogP contribution in [0.4, 0.5) is 14.5 Å². The fourth-order valence-electron chi connectivity index (χ4n) is 3.57. The quantitative estimate of drug-likeness (QED) is 0.873. The lowest BCUT2D eigenvalue weighted by atomic mass is 9.86. The number of benzene rings is 1. The van der Waals surface area contributed by atoms with E-state index in [4.69, 9.17) is 0 Å². The number of carboxylic acids is 1. The Labute approximate surface area is 134 Å². The van der Waals surface area contributed by atoms with Crippen LogP contribution in [0.25, 0.3) is 0 Å². The van der Waals surface area contributed by atoms with Crippen molar-refractivity contribution in [2.45, 2.75) is 25.2 Å². The van der Waals surface area contributed by atoms with E-state index < -0.39 is 17.8 Å². The summed E-state index contributed by atoms with van der Waals surface area (Å²) in [4.78, 5) is 13.3. The molecule has 0 amide bonds. The Morgan fingerprint density at radius 2 is 2.30 bits per heavy atom. The number of halogens is 2. The summed E-state index contributed by atoms with van der Waals surface area (Å²) in [6, 6.07) is 7.39. The van der Waals surface area contributed by atoms with E-state index >= 15 is 0 Å². The van der Waals surface area contributed by atoms with Crippen LogP contribution in [0.15, 0.2) is 24.3 Å². The highest BCUT2D eigenvalue weighted by molar-refractivity contribution is 5.71. The fraction of sp³-hybridized carbons (Fsp3) is 0.588. The maximum Gasteiger partial charge on any atom is 0.307 e. The van der Waals surface area contributed by atoms with Crippen LogP contribution >= 0.6 is 0 Å². The Balaban J connectivity index is 1.72. The summed E-state index contributed by atoms with van der Waals surface area (Å²) in [5.41, 5.74) is 1.66. The van der Waals surface area contributed by atoms with Gasteiger partial charge in [-0.1, -0.05) is 12.1 Å². The molecule has 0 saturated carbocycles. The zero-order valence-corrected chi connectivity index (χ0v) is 13.0.